The molecule has 0 radical (unpaired) electrons. The Kier molecular flexibility index (Phi) is 6.09. The zero-order valence-corrected chi connectivity index (χ0v) is 18.9. The number of methoxy groups -OCH3 is 1. The summed E-state index contributed by atoms with van der Waals surface area (Å²) >= 11 is 0. The maximum absolute atomic E-state index is 13.1. The number of fused-ring (bicyclic) bond motifs is 1. The van der Waals surface area contributed by atoms with Gasteiger partial charge in [-0.25, -0.2) is 9.07 Å². The van der Waals surface area contributed by atoms with E-state index in [1.54, 1.807) is 30.0 Å². The summed E-state index contributed by atoms with van der Waals surface area (Å²) in [4.78, 5) is 17.0. The lowest BCUT2D eigenvalue weighted by atomic mass is 10.0. The minimum atomic E-state index is -0.394. The molecule has 174 valence electrons. The number of anilines is 2. The molecule has 0 bridgehead atoms. The van der Waals surface area contributed by atoms with Gasteiger partial charge >= 0.3 is 0 Å². The fourth-order valence-corrected chi connectivity index (χ4v) is 3.77. The summed E-state index contributed by atoms with van der Waals surface area (Å²) < 4.78 is 20.1. The highest BCUT2D eigenvalue weighted by Gasteiger charge is 2.25. The lowest BCUT2D eigenvalue weighted by molar-refractivity contribution is -0.111. The number of aromatic nitrogens is 3. The lowest BCUT2D eigenvalue weighted by Crippen LogP contribution is -2.20. The van der Waals surface area contributed by atoms with Crippen molar-refractivity contribution < 1.29 is 13.9 Å². The van der Waals surface area contributed by atoms with E-state index in [1.165, 1.54) is 18.2 Å². The van der Waals surface area contributed by atoms with E-state index in [1.807, 2.05) is 54.6 Å². The SMILES string of the molecule is COc1ccc([C@@H]2C=C(c3ccccc3)Nc3nc(NC(=O)/C=C/c4ccc(F)cc4)nn32)cc1. The molecule has 1 atom stereocenters. The molecule has 0 unspecified atom stereocenters. The van der Waals surface area contributed by atoms with Crippen LogP contribution in [0.15, 0.2) is 91.0 Å². The first-order valence-corrected chi connectivity index (χ1v) is 11.0. The van der Waals surface area contributed by atoms with Crippen LogP contribution in [0.1, 0.15) is 22.7 Å². The smallest absolute Gasteiger partial charge is 0.250 e. The first-order chi connectivity index (χ1) is 17.1. The lowest BCUT2D eigenvalue weighted by Gasteiger charge is -2.24. The van der Waals surface area contributed by atoms with Gasteiger partial charge in [0.15, 0.2) is 0 Å². The third-order valence-electron chi connectivity index (χ3n) is 5.54. The molecule has 1 aliphatic rings. The Morgan fingerprint density at radius 2 is 1.80 bits per heavy atom. The van der Waals surface area contributed by atoms with Crippen LogP contribution in [0.2, 0.25) is 0 Å². The number of hydrogen-bond donors (Lipinski definition) is 2. The van der Waals surface area contributed by atoms with Gasteiger partial charge < -0.3 is 10.1 Å². The number of nitrogens with zero attached hydrogens (tertiary/aromatic N) is 3. The van der Waals surface area contributed by atoms with Gasteiger partial charge in [0.05, 0.1) is 7.11 Å². The van der Waals surface area contributed by atoms with Crippen LogP contribution >= 0.6 is 0 Å². The molecule has 7 nitrogen and oxygen atoms in total. The van der Waals surface area contributed by atoms with E-state index < -0.39 is 5.91 Å². The average Bonchev–Trinajstić information content (AvgIpc) is 3.30. The summed E-state index contributed by atoms with van der Waals surface area (Å²) in [6.07, 6.45) is 5.02. The van der Waals surface area contributed by atoms with Gasteiger partial charge in [-0.3, -0.25) is 10.1 Å². The molecule has 1 amide bonds. The number of halogens is 1. The highest BCUT2D eigenvalue weighted by atomic mass is 19.1. The molecule has 0 fully saturated rings. The molecule has 0 saturated carbocycles. The maximum atomic E-state index is 13.1. The number of allylic oxidation sites excluding steroid dienone is 1. The van der Waals surface area contributed by atoms with Gasteiger partial charge in [0.1, 0.15) is 17.6 Å². The van der Waals surface area contributed by atoms with Gasteiger partial charge in [-0.15, -0.1) is 5.10 Å². The van der Waals surface area contributed by atoms with Crippen molar-refractivity contribution in [2.75, 3.05) is 17.7 Å². The van der Waals surface area contributed by atoms with E-state index in [0.717, 1.165) is 22.6 Å². The number of carbonyl (C=O) groups excluding carboxylic acids is 1. The van der Waals surface area contributed by atoms with Crippen LogP contribution in [-0.4, -0.2) is 27.8 Å². The van der Waals surface area contributed by atoms with E-state index >= 15 is 0 Å². The Balaban J connectivity index is 1.42. The second-order valence-electron chi connectivity index (χ2n) is 7.87. The number of hydrogen-bond acceptors (Lipinski definition) is 5. The van der Waals surface area contributed by atoms with Crippen molar-refractivity contribution in [1.29, 1.82) is 0 Å². The average molecular weight is 468 g/mol. The summed E-state index contributed by atoms with van der Waals surface area (Å²) in [6, 6.07) is 23.3. The van der Waals surface area contributed by atoms with E-state index in [-0.39, 0.29) is 17.8 Å². The van der Waals surface area contributed by atoms with E-state index in [4.69, 9.17) is 4.74 Å². The number of amides is 1. The van der Waals surface area contributed by atoms with Gasteiger partial charge in [0.2, 0.25) is 5.95 Å². The van der Waals surface area contributed by atoms with Gasteiger partial charge in [-0.2, -0.15) is 4.98 Å². The molecule has 2 heterocycles. The molecule has 0 saturated heterocycles. The third-order valence-corrected chi connectivity index (χ3v) is 5.54. The molecule has 8 heteroatoms. The topological polar surface area (TPSA) is 81.1 Å². The van der Waals surface area contributed by atoms with Gasteiger partial charge in [-0.1, -0.05) is 54.6 Å². The third kappa shape index (κ3) is 4.96. The molecule has 1 aliphatic heterocycles. The summed E-state index contributed by atoms with van der Waals surface area (Å²) in [7, 11) is 1.63. The minimum absolute atomic E-state index is 0.169. The van der Waals surface area contributed by atoms with Crippen LogP contribution in [-0.2, 0) is 4.79 Å². The molecule has 0 aliphatic carbocycles. The van der Waals surface area contributed by atoms with Gasteiger partial charge in [-0.05, 0) is 53.1 Å². The molecule has 35 heavy (non-hydrogen) atoms. The Hall–Kier alpha value is -4.72. The molecular formula is C27H22FN5O2. The quantitative estimate of drug-likeness (QED) is 0.384. The van der Waals surface area contributed by atoms with Crippen LogP contribution in [0.3, 0.4) is 0 Å². The molecule has 2 N–H and O–H groups in total. The van der Waals surface area contributed by atoms with Crippen molar-refractivity contribution in [3.8, 4) is 5.75 Å². The van der Waals surface area contributed by atoms with E-state index in [9.17, 15) is 9.18 Å². The summed E-state index contributed by atoms with van der Waals surface area (Å²) in [6.45, 7) is 0. The normalized spacial score (nSPS) is 14.7. The van der Waals surface area contributed by atoms with Crippen molar-refractivity contribution in [3.63, 3.8) is 0 Å². The Morgan fingerprint density at radius 3 is 2.51 bits per heavy atom. The summed E-state index contributed by atoms with van der Waals surface area (Å²) in [5.74, 6) is 0.707. The zero-order chi connectivity index (χ0) is 24.2. The van der Waals surface area contributed by atoms with Crippen LogP contribution in [0, 0.1) is 5.82 Å². The van der Waals surface area contributed by atoms with Crippen molar-refractivity contribution in [3.05, 3.63) is 114 Å². The van der Waals surface area contributed by atoms with E-state index in [2.05, 4.69) is 26.8 Å². The predicted octanol–water partition coefficient (Wildman–Crippen LogP) is 5.13. The monoisotopic (exact) mass is 467 g/mol. The fraction of sp³-hybridized carbons (Fsp3) is 0.0741. The van der Waals surface area contributed by atoms with Crippen molar-refractivity contribution in [2.45, 2.75) is 6.04 Å². The maximum Gasteiger partial charge on any atom is 0.250 e. The zero-order valence-electron chi connectivity index (χ0n) is 18.9. The Labute approximate surface area is 201 Å². The van der Waals surface area contributed by atoms with Crippen molar-refractivity contribution in [1.82, 2.24) is 14.8 Å². The Morgan fingerprint density at radius 1 is 1.06 bits per heavy atom. The second-order valence-corrected chi connectivity index (χ2v) is 7.87. The van der Waals surface area contributed by atoms with Crippen LogP contribution in [0.4, 0.5) is 16.3 Å². The van der Waals surface area contributed by atoms with Crippen LogP contribution in [0.5, 0.6) is 5.75 Å². The highest BCUT2D eigenvalue weighted by molar-refractivity contribution is 6.01. The molecule has 0 spiro atoms. The number of carbonyl (C=O) groups is 1. The fourth-order valence-electron chi connectivity index (χ4n) is 3.77. The van der Waals surface area contributed by atoms with Gasteiger partial charge in [0.25, 0.3) is 11.9 Å². The number of benzene rings is 3. The van der Waals surface area contributed by atoms with Gasteiger partial charge in [0, 0.05) is 11.8 Å². The molecule has 4 aromatic rings. The number of rotatable bonds is 6. The first-order valence-electron chi connectivity index (χ1n) is 11.0. The number of nitrogens with one attached hydrogen (secondary N) is 2. The summed E-state index contributed by atoms with van der Waals surface area (Å²) in [5.41, 5.74) is 3.59. The molecular weight excluding hydrogens is 445 g/mol. The van der Waals surface area contributed by atoms with Crippen LogP contribution in [0.25, 0.3) is 11.8 Å². The van der Waals surface area contributed by atoms with Crippen molar-refractivity contribution >= 4 is 29.6 Å². The second kappa shape index (κ2) is 9.64. The van der Waals surface area contributed by atoms with E-state index in [0.29, 0.717) is 11.5 Å². The summed E-state index contributed by atoms with van der Waals surface area (Å²) in [5, 5.41) is 10.6. The van der Waals surface area contributed by atoms with Crippen molar-refractivity contribution in [2.24, 2.45) is 0 Å². The van der Waals surface area contributed by atoms with Crippen LogP contribution < -0.4 is 15.4 Å². The molecule has 3 aromatic carbocycles. The predicted molar refractivity (Wildman–Crippen MR) is 133 cm³/mol. The Bertz CT molecular complexity index is 1390. The number of ether oxygens (including phenoxy) is 1. The standard InChI is InChI=1S/C27H22FN5O2/c1-35-22-14-10-20(11-15-22)24-17-23(19-5-3-2-4-6-19)29-27-31-26(32-33(24)27)30-25(34)16-9-18-7-12-21(28)13-8-18/h2-17,24H,1H3,(H2,29,30,31,32,34)/b16-9+/t24-/m0/s1. The minimum Gasteiger partial charge on any atom is -0.497 e. The molecule has 1 aromatic heterocycles. The first kappa shape index (κ1) is 22.1. The molecule has 5 rings (SSSR count). The highest BCUT2D eigenvalue weighted by Crippen LogP contribution is 2.33. The largest absolute Gasteiger partial charge is 0.497 e.